The minimum Gasteiger partial charge on any atom is -0.497 e. The van der Waals surface area contributed by atoms with Gasteiger partial charge in [0.05, 0.1) is 51.7 Å². The van der Waals surface area contributed by atoms with Crippen LogP contribution in [-0.2, 0) is 43.1 Å². The molecule has 0 radical (unpaired) electrons. The third-order valence-electron chi connectivity index (χ3n) is 7.04. The Kier molecular flexibility index (Phi) is 10.9. The largest absolute Gasteiger partial charge is 0.497 e. The number of benzene rings is 2. The molecule has 0 spiro atoms. The highest BCUT2D eigenvalue weighted by molar-refractivity contribution is 7.85. The van der Waals surface area contributed by atoms with Gasteiger partial charge < -0.3 is 18.9 Å². The summed E-state index contributed by atoms with van der Waals surface area (Å²) in [6.07, 6.45) is 0.467. The van der Waals surface area contributed by atoms with Crippen LogP contribution in [-0.4, -0.2) is 71.2 Å². The molecule has 1 fully saturated rings. The molecule has 10 nitrogen and oxygen atoms in total. The van der Waals surface area contributed by atoms with Crippen molar-refractivity contribution in [3.63, 3.8) is 0 Å². The van der Waals surface area contributed by atoms with Gasteiger partial charge in [-0.25, -0.2) is 9.22 Å². The Balaban J connectivity index is 2.15. The molecule has 11 heteroatoms. The molecule has 1 saturated heterocycles. The lowest BCUT2D eigenvalue weighted by Gasteiger charge is -2.36. The monoisotopic (exact) mass is 587 g/mol. The molecule has 0 aliphatic carbocycles. The number of methoxy groups -OCH3 is 4. The number of hydrogen-bond donors (Lipinski definition) is 0. The average molecular weight is 588 g/mol. The number of esters is 1. The third kappa shape index (κ3) is 7.45. The number of carbonyl (C=O) groups is 2. The van der Waals surface area contributed by atoms with Gasteiger partial charge in [-0.3, -0.25) is 14.6 Å². The number of hydrogen-bond acceptors (Lipinski definition) is 8. The van der Waals surface area contributed by atoms with E-state index in [0.29, 0.717) is 24.5 Å². The van der Waals surface area contributed by atoms with Gasteiger partial charge in [0.1, 0.15) is 22.5 Å². The Labute approximate surface area is 245 Å². The summed E-state index contributed by atoms with van der Waals surface area (Å²) >= 11 is 0. The van der Waals surface area contributed by atoms with Crippen molar-refractivity contribution < 1.29 is 32.7 Å². The summed E-state index contributed by atoms with van der Waals surface area (Å²) in [7, 11) is 4.31. The predicted molar refractivity (Wildman–Crippen MR) is 157 cm³/mol. The molecular weight excluding hydrogens is 546 g/mol. The predicted octanol–water partition coefficient (Wildman–Crippen LogP) is 4.15. The van der Waals surface area contributed by atoms with Crippen molar-refractivity contribution in [2.45, 2.75) is 58.0 Å². The summed E-state index contributed by atoms with van der Waals surface area (Å²) in [4.78, 5) is 27.3. The van der Waals surface area contributed by atoms with Crippen LogP contribution in [0.15, 0.2) is 52.9 Å². The van der Waals surface area contributed by atoms with E-state index in [4.69, 9.17) is 18.9 Å². The highest BCUT2D eigenvalue weighted by Gasteiger charge is 2.55. The number of carbonyl (C=O) groups excluding carboxylic acids is 2. The van der Waals surface area contributed by atoms with Crippen molar-refractivity contribution in [1.29, 1.82) is 0 Å². The minimum absolute atomic E-state index is 0.215. The van der Waals surface area contributed by atoms with E-state index in [0.717, 1.165) is 11.1 Å². The molecule has 224 valence electrons. The molecule has 1 heterocycles. The second-order valence-corrected chi connectivity index (χ2v) is 12.6. The van der Waals surface area contributed by atoms with Crippen LogP contribution in [0, 0.1) is 11.8 Å². The van der Waals surface area contributed by atoms with Crippen LogP contribution < -0.4 is 9.47 Å². The number of nitrogens with zero attached hydrogens (tertiary/aromatic N) is 3. The highest BCUT2D eigenvalue weighted by Crippen LogP contribution is 2.37. The lowest BCUT2D eigenvalue weighted by molar-refractivity contribution is -0.151. The summed E-state index contributed by atoms with van der Waals surface area (Å²) in [5, 5.41) is 3.48. The van der Waals surface area contributed by atoms with Gasteiger partial charge in [-0.1, -0.05) is 31.2 Å². The molecule has 0 bridgehead atoms. The van der Waals surface area contributed by atoms with Crippen LogP contribution >= 0.6 is 0 Å². The molecule has 2 aromatic carbocycles. The molecule has 1 aliphatic heterocycles. The van der Waals surface area contributed by atoms with Crippen molar-refractivity contribution in [2.24, 2.45) is 16.2 Å². The van der Waals surface area contributed by atoms with Crippen LogP contribution in [0.2, 0.25) is 0 Å². The fourth-order valence-corrected chi connectivity index (χ4v) is 5.44. The van der Waals surface area contributed by atoms with E-state index >= 15 is 0 Å². The Morgan fingerprint density at radius 3 is 1.83 bits per heavy atom. The van der Waals surface area contributed by atoms with Gasteiger partial charge in [0.25, 0.3) is 5.91 Å². The van der Waals surface area contributed by atoms with E-state index in [1.54, 1.807) is 19.2 Å². The van der Waals surface area contributed by atoms with Crippen LogP contribution in [0.4, 0.5) is 0 Å². The van der Waals surface area contributed by atoms with Crippen molar-refractivity contribution >= 4 is 28.8 Å². The molecule has 1 aliphatic rings. The first kappa shape index (κ1) is 32.1. The first-order valence-corrected chi connectivity index (χ1v) is 14.6. The van der Waals surface area contributed by atoms with Crippen molar-refractivity contribution in [3.05, 3.63) is 59.7 Å². The first-order chi connectivity index (χ1) is 19.5. The van der Waals surface area contributed by atoms with Crippen molar-refractivity contribution in [3.8, 4) is 11.5 Å². The van der Waals surface area contributed by atoms with Crippen molar-refractivity contribution in [2.75, 3.05) is 28.4 Å². The lowest BCUT2D eigenvalue weighted by Crippen LogP contribution is -2.48. The molecule has 0 aromatic heterocycles. The summed E-state index contributed by atoms with van der Waals surface area (Å²) in [6, 6.07) is 14.2. The van der Waals surface area contributed by atoms with Gasteiger partial charge in [-0.05, 0) is 62.6 Å². The Bertz CT molecular complexity index is 1240. The molecular formula is C30H41N3O7S. The van der Waals surface area contributed by atoms with Gasteiger partial charge in [0.2, 0.25) is 5.90 Å². The zero-order valence-corrected chi connectivity index (χ0v) is 25.9. The van der Waals surface area contributed by atoms with Crippen molar-refractivity contribution in [1.82, 2.24) is 10.0 Å². The Hall–Kier alpha value is -3.44. The van der Waals surface area contributed by atoms with Crippen LogP contribution in [0.5, 0.6) is 11.5 Å². The zero-order valence-electron chi connectivity index (χ0n) is 25.1. The van der Waals surface area contributed by atoms with Crippen LogP contribution in [0.3, 0.4) is 0 Å². The number of rotatable bonds is 11. The smallest absolute Gasteiger partial charge is 0.320 e. The van der Waals surface area contributed by atoms with Gasteiger partial charge >= 0.3 is 5.97 Å². The maximum atomic E-state index is 14.1. The second kappa shape index (κ2) is 14.0. The minimum atomic E-state index is -1.61. The number of ether oxygens (including phenoxy) is 4. The fourth-order valence-electron chi connectivity index (χ4n) is 4.79. The molecule has 41 heavy (non-hydrogen) atoms. The normalized spacial score (nSPS) is 19.6. The number of amides is 1. The Morgan fingerprint density at radius 2 is 1.41 bits per heavy atom. The van der Waals surface area contributed by atoms with Crippen LogP contribution in [0.1, 0.15) is 45.2 Å². The molecule has 2 aromatic rings. The standard InChI is InChI=1S/C30H41N3O7S/c1-9-24(27(39-7)31-41(36)30(2,3)4)26-25(29(35)40-8)28(34)33(19-21-12-16-23(38-6)17-13-21)32(26)18-20-10-14-22(37-5)15-11-20/h10-17,24-26H,9,18-19H2,1-8H3/b31-27+/t24-,25-,26-,41-/m1/s1. The molecule has 0 N–H and O–H groups in total. The quantitative estimate of drug-likeness (QED) is 0.167. The third-order valence-corrected chi connectivity index (χ3v) is 8.44. The summed E-state index contributed by atoms with van der Waals surface area (Å²) < 4.78 is 38.3. The molecule has 0 saturated carbocycles. The maximum absolute atomic E-state index is 14.1. The van der Waals surface area contributed by atoms with Gasteiger partial charge in [-0.2, -0.15) is 4.40 Å². The Morgan fingerprint density at radius 1 is 0.902 bits per heavy atom. The number of hydrazine groups is 1. The summed E-state index contributed by atoms with van der Waals surface area (Å²) in [5.74, 6) is -1.11. The van der Waals surface area contributed by atoms with Gasteiger partial charge in [0.15, 0.2) is 5.92 Å². The first-order valence-electron chi connectivity index (χ1n) is 13.4. The second-order valence-electron chi connectivity index (χ2n) is 10.7. The average Bonchev–Trinajstić information content (AvgIpc) is 3.22. The zero-order chi connectivity index (χ0) is 30.3. The van der Waals surface area contributed by atoms with E-state index < -0.39 is 45.5 Å². The SMILES string of the molecule is CC[C@@H](/C(=N\[S@](=O)C(C)(C)C)OC)[C@@H]1[C@@H](C(=O)OC)C(=O)N(Cc2ccc(OC)cc2)N1Cc1ccc(OC)cc1. The van der Waals surface area contributed by atoms with E-state index in [-0.39, 0.29) is 12.4 Å². The molecule has 4 atom stereocenters. The summed E-state index contributed by atoms with van der Waals surface area (Å²) in [6.45, 7) is 7.92. The topological polar surface area (TPSA) is 107 Å². The molecule has 1 amide bonds. The van der Waals surface area contributed by atoms with E-state index in [9.17, 15) is 13.8 Å². The molecule has 0 unspecified atom stereocenters. The summed E-state index contributed by atoms with van der Waals surface area (Å²) in [5.41, 5.74) is 1.75. The fraction of sp³-hybridized carbons (Fsp3) is 0.500. The van der Waals surface area contributed by atoms with E-state index in [2.05, 4.69) is 4.40 Å². The van der Waals surface area contributed by atoms with Gasteiger partial charge in [-0.15, -0.1) is 0 Å². The molecule has 3 rings (SSSR count). The highest BCUT2D eigenvalue weighted by atomic mass is 32.2. The van der Waals surface area contributed by atoms with E-state index in [1.165, 1.54) is 14.2 Å². The maximum Gasteiger partial charge on any atom is 0.320 e. The van der Waals surface area contributed by atoms with Gasteiger partial charge in [0, 0.05) is 6.54 Å². The van der Waals surface area contributed by atoms with Crippen LogP contribution in [0.25, 0.3) is 0 Å². The van der Waals surface area contributed by atoms with E-state index in [1.807, 2.05) is 81.2 Å². The lowest BCUT2D eigenvalue weighted by atomic mass is 9.86.